The Morgan fingerprint density at radius 1 is 0.800 bits per heavy atom. The van der Waals surface area contributed by atoms with E-state index in [1.54, 1.807) is 5.70 Å². The van der Waals surface area contributed by atoms with E-state index in [1.807, 2.05) is 0 Å². The summed E-state index contributed by atoms with van der Waals surface area (Å²) in [7, 11) is 0. The largest absolute Gasteiger partial charge is 0.375 e. The van der Waals surface area contributed by atoms with Crippen LogP contribution in [0.25, 0.3) is 0 Å². The standard InChI is InChI=1S/C34H43N/c1-2-3-25-34(32-23-13-14-24-32)35(27-15-18-29-16-7-4-8-17-29)28-26-33(30-19-9-5-10-20-30)31-21-11-6-12-22-31/h4-12,16-17,19-22,25,32-33H,2-3,13-15,18,23-24,26-28H2,1H3. The van der Waals surface area contributed by atoms with Crippen LogP contribution in [0.1, 0.15) is 80.9 Å². The van der Waals surface area contributed by atoms with E-state index in [0.29, 0.717) is 5.92 Å². The minimum absolute atomic E-state index is 0.435. The number of rotatable bonds is 13. The number of nitrogens with zero attached hydrogens (tertiary/aromatic N) is 1. The van der Waals surface area contributed by atoms with Gasteiger partial charge in [0.15, 0.2) is 0 Å². The van der Waals surface area contributed by atoms with Gasteiger partial charge in [0.25, 0.3) is 0 Å². The maximum absolute atomic E-state index is 2.79. The molecule has 1 heteroatoms. The van der Waals surface area contributed by atoms with E-state index in [4.69, 9.17) is 0 Å². The van der Waals surface area contributed by atoms with Crippen LogP contribution in [0.15, 0.2) is 103 Å². The van der Waals surface area contributed by atoms with Crippen molar-refractivity contribution in [3.63, 3.8) is 0 Å². The van der Waals surface area contributed by atoms with Crippen molar-refractivity contribution in [1.29, 1.82) is 0 Å². The number of hydrogen-bond donors (Lipinski definition) is 0. The lowest BCUT2D eigenvalue weighted by molar-refractivity contribution is 0.288. The van der Waals surface area contributed by atoms with E-state index < -0.39 is 0 Å². The van der Waals surface area contributed by atoms with Crippen LogP contribution in [0.4, 0.5) is 0 Å². The third-order valence-electron chi connectivity index (χ3n) is 7.61. The Balaban J connectivity index is 1.53. The van der Waals surface area contributed by atoms with Gasteiger partial charge in [-0.2, -0.15) is 0 Å². The molecular weight excluding hydrogens is 422 g/mol. The molecule has 0 radical (unpaired) electrons. The molecule has 1 aliphatic rings. The molecule has 1 saturated carbocycles. The van der Waals surface area contributed by atoms with E-state index in [1.165, 1.54) is 61.6 Å². The first-order chi connectivity index (χ1) is 17.3. The average Bonchev–Trinajstić information content (AvgIpc) is 3.45. The lowest BCUT2D eigenvalue weighted by atomic mass is 9.88. The zero-order valence-corrected chi connectivity index (χ0v) is 21.6. The molecule has 0 unspecified atom stereocenters. The summed E-state index contributed by atoms with van der Waals surface area (Å²) in [6.07, 6.45) is 14.0. The molecule has 0 N–H and O–H groups in total. The highest BCUT2D eigenvalue weighted by molar-refractivity contribution is 5.32. The molecule has 0 atom stereocenters. The van der Waals surface area contributed by atoms with E-state index in [9.17, 15) is 0 Å². The van der Waals surface area contributed by atoms with Gasteiger partial charge in [-0.25, -0.2) is 0 Å². The minimum atomic E-state index is 0.435. The van der Waals surface area contributed by atoms with Crippen molar-refractivity contribution in [3.8, 4) is 0 Å². The van der Waals surface area contributed by atoms with E-state index in [0.717, 1.165) is 31.8 Å². The molecule has 0 amide bonds. The first-order valence-electron chi connectivity index (χ1n) is 13.9. The fraction of sp³-hybridized carbons (Fsp3) is 0.412. The number of allylic oxidation sites excluding steroid dienone is 2. The number of aryl methyl sites for hydroxylation is 1. The van der Waals surface area contributed by atoms with Crippen molar-refractivity contribution in [2.24, 2.45) is 5.92 Å². The molecule has 0 aliphatic heterocycles. The Bertz CT molecular complexity index is 947. The molecule has 3 aromatic rings. The Kier molecular flexibility index (Phi) is 10.1. The third-order valence-corrected chi connectivity index (χ3v) is 7.61. The summed E-state index contributed by atoms with van der Waals surface area (Å²) >= 11 is 0. The van der Waals surface area contributed by atoms with Crippen LogP contribution in [-0.4, -0.2) is 18.0 Å². The van der Waals surface area contributed by atoms with Gasteiger partial charge in [-0.05, 0) is 61.1 Å². The maximum Gasteiger partial charge on any atom is 0.0184 e. The van der Waals surface area contributed by atoms with Gasteiger partial charge in [0.05, 0.1) is 0 Å². The zero-order valence-electron chi connectivity index (χ0n) is 21.6. The van der Waals surface area contributed by atoms with Crippen LogP contribution in [0.2, 0.25) is 0 Å². The van der Waals surface area contributed by atoms with Crippen LogP contribution in [-0.2, 0) is 6.42 Å². The highest BCUT2D eigenvalue weighted by Crippen LogP contribution is 2.35. The Hall–Kier alpha value is -2.80. The van der Waals surface area contributed by atoms with E-state index >= 15 is 0 Å². The van der Waals surface area contributed by atoms with E-state index in [2.05, 4.69) is 109 Å². The summed E-state index contributed by atoms with van der Waals surface area (Å²) in [5, 5.41) is 0. The van der Waals surface area contributed by atoms with Crippen LogP contribution < -0.4 is 0 Å². The van der Waals surface area contributed by atoms with Gasteiger partial charge >= 0.3 is 0 Å². The Labute approximate surface area is 213 Å². The van der Waals surface area contributed by atoms with Gasteiger partial charge in [0.2, 0.25) is 0 Å². The fourth-order valence-electron chi connectivity index (χ4n) is 5.74. The molecule has 1 nitrogen and oxygen atoms in total. The van der Waals surface area contributed by atoms with Gasteiger partial charge in [-0.3, -0.25) is 0 Å². The smallest absolute Gasteiger partial charge is 0.0184 e. The summed E-state index contributed by atoms with van der Waals surface area (Å²) in [6.45, 7) is 4.58. The lowest BCUT2D eigenvalue weighted by Crippen LogP contribution is -2.30. The first kappa shape index (κ1) is 25.3. The fourth-order valence-corrected chi connectivity index (χ4v) is 5.74. The predicted octanol–water partition coefficient (Wildman–Crippen LogP) is 9.02. The van der Waals surface area contributed by atoms with Crippen molar-refractivity contribution < 1.29 is 0 Å². The molecular formula is C34H43N. The monoisotopic (exact) mass is 465 g/mol. The van der Waals surface area contributed by atoms with Crippen LogP contribution in [0.3, 0.4) is 0 Å². The Morgan fingerprint density at radius 3 is 1.94 bits per heavy atom. The second kappa shape index (κ2) is 13.9. The van der Waals surface area contributed by atoms with Gasteiger partial charge in [0, 0.05) is 24.7 Å². The molecule has 1 fully saturated rings. The lowest BCUT2D eigenvalue weighted by Gasteiger charge is -2.33. The summed E-state index contributed by atoms with van der Waals surface area (Å²) in [5.41, 5.74) is 5.97. The minimum Gasteiger partial charge on any atom is -0.375 e. The molecule has 0 bridgehead atoms. The summed E-state index contributed by atoms with van der Waals surface area (Å²) in [5.74, 6) is 1.19. The van der Waals surface area contributed by atoms with Crippen molar-refractivity contribution in [1.82, 2.24) is 4.90 Å². The van der Waals surface area contributed by atoms with Crippen molar-refractivity contribution in [3.05, 3.63) is 119 Å². The van der Waals surface area contributed by atoms with Gasteiger partial charge in [-0.1, -0.05) is 123 Å². The van der Waals surface area contributed by atoms with Crippen molar-refractivity contribution in [2.75, 3.05) is 13.1 Å². The first-order valence-corrected chi connectivity index (χ1v) is 13.9. The van der Waals surface area contributed by atoms with Gasteiger partial charge in [-0.15, -0.1) is 0 Å². The predicted molar refractivity (Wildman–Crippen MR) is 151 cm³/mol. The summed E-state index contributed by atoms with van der Waals surface area (Å²) in [4.78, 5) is 2.79. The van der Waals surface area contributed by atoms with Gasteiger partial charge in [0.1, 0.15) is 0 Å². The molecule has 0 spiro atoms. The summed E-state index contributed by atoms with van der Waals surface area (Å²) < 4.78 is 0. The second-order valence-electron chi connectivity index (χ2n) is 10.1. The molecule has 0 aromatic heterocycles. The maximum atomic E-state index is 2.79. The molecule has 3 aromatic carbocycles. The molecule has 4 rings (SSSR count). The molecule has 1 aliphatic carbocycles. The SMILES string of the molecule is CCCC=C(C1CCCC1)N(CCCc1ccccc1)CCC(c1ccccc1)c1ccccc1. The van der Waals surface area contributed by atoms with Crippen LogP contribution in [0, 0.1) is 5.92 Å². The molecule has 0 saturated heterocycles. The van der Waals surface area contributed by atoms with Crippen molar-refractivity contribution >= 4 is 0 Å². The topological polar surface area (TPSA) is 3.24 Å². The van der Waals surface area contributed by atoms with Gasteiger partial charge < -0.3 is 4.90 Å². The van der Waals surface area contributed by atoms with E-state index in [-0.39, 0.29) is 0 Å². The number of unbranched alkanes of at least 4 members (excludes halogenated alkanes) is 1. The summed E-state index contributed by atoms with van der Waals surface area (Å²) in [6, 6.07) is 33.3. The van der Waals surface area contributed by atoms with Crippen LogP contribution >= 0.6 is 0 Å². The zero-order chi connectivity index (χ0) is 24.1. The third kappa shape index (κ3) is 7.59. The normalized spacial score (nSPS) is 14.5. The molecule has 184 valence electrons. The highest BCUT2D eigenvalue weighted by Gasteiger charge is 2.24. The quantitative estimate of drug-likeness (QED) is 0.243. The molecule has 0 heterocycles. The average molecular weight is 466 g/mol. The van der Waals surface area contributed by atoms with Crippen molar-refractivity contribution in [2.45, 2.75) is 70.6 Å². The van der Waals surface area contributed by atoms with Crippen LogP contribution in [0.5, 0.6) is 0 Å². The molecule has 35 heavy (non-hydrogen) atoms. The number of benzene rings is 3. The highest BCUT2D eigenvalue weighted by atomic mass is 15.1. The second-order valence-corrected chi connectivity index (χ2v) is 10.1. The number of hydrogen-bond acceptors (Lipinski definition) is 1. The Morgan fingerprint density at radius 2 is 1.37 bits per heavy atom.